The minimum atomic E-state index is -2.18. The Hall–Kier alpha value is -1.75. The fourth-order valence-electron chi connectivity index (χ4n) is 8.27. The Morgan fingerprint density at radius 3 is 1.25 bits per heavy atom. The predicted octanol–water partition coefficient (Wildman–Crippen LogP) is -14.1. The first-order valence-corrected chi connectivity index (χ1v) is 21.1. The van der Waals surface area contributed by atoms with Gasteiger partial charge in [-0.25, -0.2) is 0 Å². The number of aliphatic hydroxyl groups is 20. The lowest BCUT2D eigenvalue weighted by atomic mass is 9.86. The van der Waals surface area contributed by atoms with Crippen LogP contribution in [0.5, 0.6) is 0 Å². The summed E-state index contributed by atoms with van der Waals surface area (Å²) in [6.07, 6.45) is -46.6. The second-order valence-electron chi connectivity index (χ2n) is 16.6. The number of ether oxygens (including phenoxy) is 8. The van der Waals surface area contributed by atoms with Gasteiger partial charge in [0.1, 0.15) is 122 Å². The summed E-state index contributed by atoms with van der Waals surface area (Å²) in [5.74, 6) is -1.20. The average molecular weight is 986 g/mol. The van der Waals surface area contributed by atoms with Crippen molar-refractivity contribution in [1.29, 1.82) is 0 Å². The Morgan fingerprint density at radius 1 is 0.493 bits per heavy atom. The van der Waals surface area contributed by atoms with Crippen molar-refractivity contribution in [3.8, 4) is 0 Å². The van der Waals surface area contributed by atoms with Crippen molar-refractivity contribution < 1.29 is 145 Å². The molecule has 4 aliphatic heterocycles. The van der Waals surface area contributed by atoms with Crippen molar-refractivity contribution in [1.82, 2.24) is 5.32 Å². The fraction of sp³-hybridized carbons (Fsp3) is 0.919. The monoisotopic (exact) mass is 985 g/mol. The van der Waals surface area contributed by atoms with Crippen LogP contribution < -0.4 is 5.32 Å². The van der Waals surface area contributed by atoms with Gasteiger partial charge >= 0.3 is 0 Å². The molecule has 4 heterocycles. The molecule has 0 aromatic rings. The van der Waals surface area contributed by atoms with Crippen LogP contribution in [0.2, 0.25) is 0 Å². The van der Waals surface area contributed by atoms with E-state index in [1.165, 1.54) is 0 Å². The van der Waals surface area contributed by atoms with Crippen LogP contribution in [0.1, 0.15) is 0 Å². The van der Waals surface area contributed by atoms with Gasteiger partial charge in [-0.3, -0.25) is 10.1 Å². The summed E-state index contributed by atoms with van der Waals surface area (Å²) in [5, 5.41) is 210. The molecule has 4 fully saturated rings. The van der Waals surface area contributed by atoms with Gasteiger partial charge in [-0.2, -0.15) is 0 Å². The minimum Gasteiger partial charge on any atom is -0.394 e. The zero-order chi connectivity index (χ0) is 49.8. The molecule has 30 heteroatoms. The second-order valence-corrected chi connectivity index (χ2v) is 16.6. The van der Waals surface area contributed by atoms with E-state index < -0.39 is 217 Å². The molecule has 27 unspecified atom stereocenters. The quantitative estimate of drug-likeness (QED) is 0.0504. The summed E-state index contributed by atoms with van der Waals surface area (Å²) in [7, 11) is 0. The van der Waals surface area contributed by atoms with Crippen molar-refractivity contribution in [3.63, 3.8) is 0 Å². The summed E-state index contributed by atoms with van der Waals surface area (Å²) < 4.78 is 44.5. The normalized spacial score (nSPS) is 46.7. The number of rotatable bonds is 20. The smallest absolute Gasteiger partial charge is 0.187 e. The van der Waals surface area contributed by atoms with Gasteiger partial charge in [-0.15, -0.1) is 0 Å². The summed E-state index contributed by atoms with van der Waals surface area (Å²) in [6, 6.07) is -3.30. The van der Waals surface area contributed by atoms with Crippen molar-refractivity contribution in [3.05, 3.63) is 11.6 Å². The second kappa shape index (κ2) is 24.6. The van der Waals surface area contributed by atoms with Crippen molar-refractivity contribution in [2.45, 2.75) is 165 Å². The van der Waals surface area contributed by atoms with E-state index in [1.54, 1.807) is 0 Å². The van der Waals surface area contributed by atoms with Crippen LogP contribution in [0.25, 0.3) is 0 Å². The van der Waals surface area contributed by atoms with Crippen molar-refractivity contribution in [2.75, 3.05) is 46.2 Å². The van der Waals surface area contributed by atoms with Gasteiger partial charge in [0.05, 0.1) is 64.4 Å². The van der Waals surface area contributed by atoms with E-state index in [2.05, 4.69) is 5.32 Å². The maximum absolute atomic E-state index is 12.6. The predicted molar refractivity (Wildman–Crippen MR) is 206 cm³/mol. The lowest BCUT2D eigenvalue weighted by molar-refractivity contribution is -0.389. The van der Waals surface area contributed by atoms with Crippen LogP contribution in [-0.2, 0) is 42.7 Å². The van der Waals surface area contributed by atoms with E-state index in [0.717, 1.165) is 6.08 Å². The van der Waals surface area contributed by atoms with Gasteiger partial charge in [0, 0.05) is 0 Å². The van der Waals surface area contributed by atoms with Gasteiger partial charge in [-0.05, 0) is 5.57 Å². The molecule has 4 saturated heterocycles. The molecule has 67 heavy (non-hydrogen) atoms. The van der Waals surface area contributed by atoms with Gasteiger partial charge < -0.3 is 140 Å². The SMILES string of the molecule is O=C(C(O)CO)C(NC1C=C(CO)C(OC2OC(CO)C(OC3OC(CO)C(OC4OC(CO)C(OC5OC(CO)C(O)C(O)C5O)C(O)C4O)C(O)C3O)C(O)C2O)C(O)C1O)C(O)CO. The summed E-state index contributed by atoms with van der Waals surface area (Å²) >= 11 is 0. The molecule has 5 rings (SSSR count). The van der Waals surface area contributed by atoms with Gasteiger partial charge in [-0.1, -0.05) is 6.08 Å². The third-order valence-electron chi connectivity index (χ3n) is 12.2. The van der Waals surface area contributed by atoms with Crippen molar-refractivity contribution >= 4 is 5.78 Å². The number of Topliss-reactive ketones (excluding diaryl/α,β-unsaturated/α-hetero) is 1. The lowest BCUT2D eigenvalue weighted by Gasteiger charge is -2.49. The van der Waals surface area contributed by atoms with Crippen LogP contribution in [0.3, 0.4) is 0 Å². The molecule has 30 nitrogen and oxygen atoms in total. The maximum Gasteiger partial charge on any atom is 0.187 e. The van der Waals surface area contributed by atoms with E-state index >= 15 is 0 Å². The third-order valence-corrected chi connectivity index (χ3v) is 12.2. The van der Waals surface area contributed by atoms with Crippen molar-refractivity contribution in [2.24, 2.45) is 0 Å². The summed E-state index contributed by atoms with van der Waals surface area (Å²) in [4.78, 5) is 12.6. The highest BCUT2D eigenvalue weighted by atomic mass is 16.8. The molecule has 1 aliphatic carbocycles. The Bertz CT molecular complexity index is 1560. The average Bonchev–Trinajstić information content (AvgIpc) is 3.33. The first-order chi connectivity index (χ1) is 31.7. The molecule has 0 amide bonds. The number of hydrogen-bond donors (Lipinski definition) is 21. The first-order valence-electron chi connectivity index (χ1n) is 21.1. The number of carbonyl (C=O) groups is 1. The molecule has 0 saturated carbocycles. The minimum absolute atomic E-state index is 0.236. The highest BCUT2D eigenvalue weighted by Crippen LogP contribution is 2.35. The summed E-state index contributed by atoms with van der Waals surface area (Å²) in [6.45, 7) is -6.84. The van der Waals surface area contributed by atoms with Crippen LogP contribution in [-0.4, -0.2) is 320 Å². The molecule has 390 valence electrons. The summed E-state index contributed by atoms with van der Waals surface area (Å²) in [5.41, 5.74) is -0.236. The Kier molecular flexibility index (Phi) is 20.6. The van der Waals surface area contributed by atoms with Gasteiger partial charge in [0.15, 0.2) is 30.9 Å². The van der Waals surface area contributed by atoms with E-state index in [-0.39, 0.29) is 5.57 Å². The highest BCUT2D eigenvalue weighted by molar-refractivity contribution is 5.88. The number of carbonyl (C=O) groups excluding carboxylic acids is 1. The molecule has 0 aromatic heterocycles. The topological polar surface area (TPSA) is 508 Å². The van der Waals surface area contributed by atoms with Gasteiger partial charge in [0.2, 0.25) is 0 Å². The fourth-order valence-corrected chi connectivity index (χ4v) is 8.27. The van der Waals surface area contributed by atoms with E-state index in [1.807, 2.05) is 0 Å². The molecular weight excluding hydrogens is 922 g/mol. The number of hydrogen-bond acceptors (Lipinski definition) is 30. The maximum atomic E-state index is 12.6. The van der Waals surface area contributed by atoms with Gasteiger partial charge in [0.25, 0.3) is 0 Å². The lowest BCUT2D eigenvalue weighted by Crippen LogP contribution is -2.67. The molecule has 0 aromatic carbocycles. The van der Waals surface area contributed by atoms with Crippen LogP contribution >= 0.6 is 0 Å². The molecule has 21 N–H and O–H groups in total. The number of ketones is 1. The molecular formula is C37H63NO29. The third kappa shape index (κ3) is 12.0. The standard InChI is InChI=1S/C37H63NO29/c39-2-9-1-10(38-17(11(46)3-40)19(49)12(47)4-41)18(48)22(52)30(9)64-35-27(57)23(53)32(14(6-43)61-35)66-37-29(59)25(55)33(16(8-45)63-37)67-36-28(58)24(54)31(15(7-44)62-36)65-34-26(56)21(51)20(50)13(5-42)60-34/h1,10-18,20-48,50-59H,2-8H2. The van der Waals surface area contributed by atoms with Crippen LogP contribution in [0.15, 0.2) is 11.6 Å². The zero-order valence-corrected chi connectivity index (χ0v) is 35.2. The molecule has 0 bridgehead atoms. The Morgan fingerprint density at radius 2 is 0.881 bits per heavy atom. The van der Waals surface area contributed by atoms with E-state index in [4.69, 9.17) is 37.9 Å². The number of nitrogens with one attached hydrogen (secondary N) is 1. The van der Waals surface area contributed by atoms with Crippen LogP contribution in [0, 0.1) is 0 Å². The zero-order valence-electron chi connectivity index (χ0n) is 35.2. The molecule has 0 spiro atoms. The number of aliphatic hydroxyl groups excluding tert-OH is 20. The Labute approximate surface area is 379 Å². The Balaban J connectivity index is 1.23. The van der Waals surface area contributed by atoms with E-state index in [0.29, 0.717) is 0 Å². The highest BCUT2D eigenvalue weighted by Gasteiger charge is 2.56. The largest absolute Gasteiger partial charge is 0.394 e. The molecule has 27 atom stereocenters. The molecule has 5 aliphatic rings. The first kappa shape index (κ1) is 56.2. The van der Waals surface area contributed by atoms with Crippen LogP contribution in [0.4, 0.5) is 0 Å². The van der Waals surface area contributed by atoms with E-state index in [9.17, 15) is 107 Å². The molecule has 0 radical (unpaired) electrons.